The maximum Gasteiger partial charge on any atom is 0.350 e. The Hall–Kier alpha value is -2.07. The molecule has 1 aromatic heterocycles. The predicted octanol–water partition coefficient (Wildman–Crippen LogP) is 2.26. The van der Waals surface area contributed by atoms with Crippen LogP contribution in [-0.4, -0.2) is 20.2 Å². The standard InChI is InChI=1S/C9H4ClF2N5/c10-6-2-1-5(4-13)7(3-6)8-14-16-17(15-8)9(11)12/h1-3,9H. The number of hydrogen-bond donors (Lipinski definition) is 0. The van der Waals surface area contributed by atoms with Crippen LogP contribution in [0.5, 0.6) is 0 Å². The van der Waals surface area contributed by atoms with Crippen LogP contribution in [0.2, 0.25) is 5.02 Å². The fourth-order valence-corrected chi connectivity index (χ4v) is 1.39. The molecule has 5 nitrogen and oxygen atoms in total. The van der Waals surface area contributed by atoms with E-state index in [1.807, 2.05) is 6.07 Å². The van der Waals surface area contributed by atoms with E-state index >= 15 is 0 Å². The van der Waals surface area contributed by atoms with E-state index in [4.69, 9.17) is 16.9 Å². The summed E-state index contributed by atoms with van der Waals surface area (Å²) in [6.45, 7) is -2.87. The predicted molar refractivity (Wildman–Crippen MR) is 54.2 cm³/mol. The van der Waals surface area contributed by atoms with Gasteiger partial charge in [-0.3, -0.25) is 0 Å². The van der Waals surface area contributed by atoms with Crippen LogP contribution in [0.1, 0.15) is 12.1 Å². The summed E-state index contributed by atoms with van der Waals surface area (Å²) in [4.78, 5) is 0.164. The van der Waals surface area contributed by atoms with Crippen molar-refractivity contribution in [3.8, 4) is 17.5 Å². The number of alkyl halides is 2. The van der Waals surface area contributed by atoms with Gasteiger partial charge in [0.05, 0.1) is 11.6 Å². The lowest BCUT2D eigenvalue weighted by Crippen LogP contribution is -2.02. The second-order valence-electron chi connectivity index (χ2n) is 3.01. The van der Waals surface area contributed by atoms with Gasteiger partial charge in [0.1, 0.15) is 0 Å². The molecule has 0 spiro atoms. The first-order valence-corrected chi connectivity index (χ1v) is 4.77. The van der Waals surface area contributed by atoms with Crippen molar-refractivity contribution in [2.75, 3.05) is 0 Å². The Bertz CT molecular complexity index is 589. The molecule has 17 heavy (non-hydrogen) atoms. The van der Waals surface area contributed by atoms with Crippen molar-refractivity contribution in [1.29, 1.82) is 5.26 Å². The van der Waals surface area contributed by atoms with Crippen LogP contribution in [0.25, 0.3) is 11.4 Å². The monoisotopic (exact) mass is 255 g/mol. The van der Waals surface area contributed by atoms with Gasteiger partial charge in [-0.1, -0.05) is 16.4 Å². The number of aromatic nitrogens is 4. The molecule has 0 radical (unpaired) electrons. The SMILES string of the molecule is N#Cc1ccc(Cl)cc1-c1nnn(C(F)F)n1. The molecule has 86 valence electrons. The van der Waals surface area contributed by atoms with Gasteiger partial charge < -0.3 is 0 Å². The molecule has 2 rings (SSSR count). The normalized spacial score (nSPS) is 10.5. The minimum absolute atomic E-state index is 0.0654. The quantitative estimate of drug-likeness (QED) is 0.825. The topological polar surface area (TPSA) is 67.4 Å². The number of nitrogens with zero attached hydrogens (tertiary/aromatic N) is 5. The minimum atomic E-state index is -2.87. The third kappa shape index (κ3) is 2.21. The van der Waals surface area contributed by atoms with Crippen molar-refractivity contribution in [2.45, 2.75) is 6.55 Å². The number of halogens is 3. The molecule has 0 amide bonds. The summed E-state index contributed by atoms with van der Waals surface area (Å²) in [6, 6.07) is 6.29. The fraction of sp³-hybridized carbons (Fsp3) is 0.111. The lowest BCUT2D eigenvalue weighted by atomic mass is 10.1. The van der Waals surface area contributed by atoms with E-state index in [1.165, 1.54) is 18.2 Å². The highest BCUT2D eigenvalue weighted by Gasteiger charge is 2.15. The van der Waals surface area contributed by atoms with Gasteiger partial charge >= 0.3 is 6.55 Å². The Kier molecular flexibility index (Phi) is 2.97. The molecular formula is C9H4ClF2N5. The highest BCUT2D eigenvalue weighted by molar-refractivity contribution is 6.30. The molecule has 0 saturated carbocycles. The first kappa shape index (κ1) is 11.4. The second-order valence-corrected chi connectivity index (χ2v) is 3.45. The Morgan fingerprint density at radius 2 is 2.18 bits per heavy atom. The Balaban J connectivity index is 2.52. The summed E-state index contributed by atoms with van der Waals surface area (Å²) in [5.74, 6) is -0.0654. The molecule has 0 unspecified atom stereocenters. The molecule has 0 bridgehead atoms. The van der Waals surface area contributed by atoms with Crippen molar-refractivity contribution in [3.05, 3.63) is 28.8 Å². The summed E-state index contributed by atoms with van der Waals surface area (Å²) in [5.41, 5.74) is 0.509. The number of hydrogen-bond acceptors (Lipinski definition) is 4. The molecule has 1 aromatic carbocycles. The van der Waals surface area contributed by atoms with E-state index in [2.05, 4.69) is 15.4 Å². The molecule has 0 aliphatic heterocycles. The zero-order valence-electron chi connectivity index (χ0n) is 8.18. The lowest BCUT2D eigenvalue weighted by molar-refractivity contribution is 0.0397. The number of nitriles is 1. The van der Waals surface area contributed by atoms with Crippen LogP contribution in [0.4, 0.5) is 8.78 Å². The Morgan fingerprint density at radius 1 is 1.41 bits per heavy atom. The molecule has 0 fully saturated rings. The average molecular weight is 256 g/mol. The molecule has 0 N–H and O–H groups in total. The van der Waals surface area contributed by atoms with E-state index in [1.54, 1.807) is 0 Å². The number of tetrazole rings is 1. The van der Waals surface area contributed by atoms with Gasteiger partial charge in [0.25, 0.3) is 0 Å². The lowest BCUT2D eigenvalue weighted by Gasteiger charge is -1.98. The van der Waals surface area contributed by atoms with Crippen molar-refractivity contribution in [1.82, 2.24) is 20.2 Å². The zero-order valence-corrected chi connectivity index (χ0v) is 8.94. The summed E-state index contributed by atoms with van der Waals surface area (Å²) in [6.07, 6.45) is 0. The van der Waals surface area contributed by atoms with Crippen LogP contribution in [-0.2, 0) is 0 Å². The molecule has 0 atom stereocenters. The Morgan fingerprint density at radius 3 is 2.76 bits per heavy atom. The zero-order chi connectivity index (χ0) is 12.4. The van der Waals surface area contributed by atoms with Gasteiger partial charge in [0, 0.05) is 10.6 Å². The van der Waals surface area contributed by atoms with Crippen LogP contribution in [0.3, 0.4) is 0 Å². The van der Waals surface area contributed by atoms with E-state index in [-0.39, 0.29) is 21.7 Å². The summed E-state index contributed by atoms with van der Waals surface area (Å²) >= 11 is 5.75. The molecule has 0 aliphatic carbocycles. The second kappa shape index (κ2) is 4.43. The third-order valence-corrected chi connectivity index (χ3v) is 2.18. The molecular weight excluding hydrogens is 252 g/mol. The first-order chi connectivity index (χ1) is 8.11. The molecule has 0 aliphatic rings. The fourth-order valence-electron chi connectivity index (χ4n) is 1.21. The van der Waals surface area contributed by atoms with Gasteiger partial charge in [-0.2, -0.15) is 14.0 Å². The molecule has 0 saturated heterocycles. The van der Waals surface area contributed by atoms with Crippen molar-refractivity contribution in [3.63, 3.8) is 0 Å². The third-order valence-electron chi connectivity index (χ3n) is 1.95. The van der Waals surface area contributed by atoms with Crippen molar-refractivity contribution < 1.29 is 8.78 Å². The minimum Gasteiger partial charge on any atom is -0.192 e. The van der Waals surface area contributed by atoms with E-state index in [9.17, 15) is 8.78 Å². The van der Waals surface area contributed by atoms with Crippen LogP contribution in [0.15, 0.2) is 18.2 Å². The Labute approximate surface area is 99.2 Å². The molecule has 1 heterocycles. The van der Waals surface area contributed by atoms with E-state index in [0.29, 0.717) is 5.02 Å². The smallest absolute Gasteiger partial charge is 0.192 e. The number of rotatable bonds is 2. The summed E-state index contributed by atoms with van der Waals surface area (Å²) in [7, 11) is 0. The molecule has 8 heteroatoms. The van der Waals surface area contributed by atoms with Crippen molar-refractivity contribution >= 4 is 11.6 Å². The van der Waals surface area contributed by atoms with Crippen LogP contribution in [0, 0.1) is 11.3 Å². The summed E-state index contributed by atoms with van der Waals surface area (Å²) < 4.78 is 24.5. The van der Waals surface area contributed by atoms with Gasteiger partial charge in [-0.15, -0.1) is 10.2 Å². The average Bonchev–Trinajstić information content (AvgIpc) is 2.78. The largest absolute Gasteiger partial charge is 0.350 e. The molecule has 2 aromatic rings. The first-order valence-electron chi connectivity index (χ1n) is 4.39. The van der Waals surface area contributed by atoms with Gasteiger partial charge in [-0.05, 0) is 23.4 Å². The number of benzene rings is 1. The highest BCUT2D eigenvalue weighted by Crippen LogP contribution is 2.23. The highest BCUT2D eigenvalue weighted by atomic mass is 35.5. The maximum atomic E-state index is 12.3. The van der Waals surface area contributed by atoms with Crippen molar-refractivity contribution in [2.24, 2.45) is 0 Å². The van der Waals surface area contributed by atoms with Gasteiger partial charge in [0.15, 0.2) is 0 Å². The van der Waals surface area contributed by atoms with Gasteiger partial charge in [-0.25, -0.2) is 0 Å². The van der Waals surface area contributed by atoms with E-state index in [0.717, 1.165) is 0 Å². The summed E-state index contributed by atoms with van der Waals surface area (Å²) in [5, 5.41) is 19.3. The maximum absolute atomic E-state index is 12.3. The van der Waals surface area contributed by atoms with E-state index < -0.39 is 6.55 Å². The van der Waals surface area contributed by atoms with Gasteiger partial charge in [0.2, 0.25) is 5.82 Å². The van der Waals surface area contributed by atoms with Crippen LogP contribution < -0.4 is 0 Å². The van der Waals surface area contributed by atoms with Crippen LogP contribution >= 0.6 is 11.6 Å².